The van der Waals surface area contributed by atoms with Crippen LogP contribution >= 0.6 is 27.7 Å². The maximum absolute atomic E-state index is 11.4. The molecule has 0 aliphatic heterocycles. The van der Waals surface area contributed by atoms with Gasteiger partial charge in [-0.25, -0.2) is 4.98 Å². The van der Waals surface area contributed by atoms with Gasteiger partial charge in [-0.1, -0.05) is 6.92 Å². The SMILES string of the molecule is CNC(C)(CC(C)Sc1ccc(Br)cn1)C(N)=O. The smallest absolute Gasteiger partial charge is 0.237 e. The summed E-state index contributed by atoms with van der Waals surface area (Å²) in [4.78, 5) is 15.7. The van der Waals surface area contributed by atoms with Gasteiger partial charge in [0, 0.05) is 15.9 Å². The number of halogens is 1. The van der Waals surface area contributed by atoms with E-state index in [1.807, 2.05) is 19.1 Å². The number of hydrogen-bond donors (Lipinski definition) is 2. The molecule has 2 unspecified atom stereocenters. The summed E-state index contributed by atoms with van der Waals surface area (Å²) in [5.41, 5.74) is 4.73. The van der Waals surface area contributed by atoms with Crippen molar-refractivity contribution in [2.45, 2.75) is 36.1 Å². The van der Waals surface area contributed by atoms with Crippen molar-refractivity contribution in [2.24, 2.45) is 5.73 Å². The number of nitrogens with two attached hydrogens (primary N) is 1. The van der Waals surface area contributed by atoms with Gasteiger partial charge in [-0.15, -0.1) is 11.8 Å². The van der Waals surface area contributed by atoms with Gasteiger partial charge >= 0.3 is 0 Å². The van der Waals surface area contributed by atoms with Crippen LogP contribution in [0.2, 0.25) is 0 Å². The van der Waals surface area contributed by atoms with Crippen molar-refractivity contribution in [1.29, 1.82) is 0 Å². The lowest BCUT2D eigenvalue weighted by Crippen LogP contribution is -2.52. The predicted molar refractivity (Wildman–Crippen MR) is 78.5 cm³/mol. The van der Waals surface area contributed by atoms with Gasteiger partial charge in [-0.3, -0.25) is 4.79 Å². The fraction of sp³-hybridized carbons (Fsp3) is 0.500. The summed E-state index contributed by atoms with van der Waals surface area (Å²) in [7, 11) is 1.75. The first-order valence-electron chi connectivity index (χ1n) is 5.64. The van der Waals surface area contributed by atoms with Gasteiger partial charge < -0.3 is 11.1 Å². The Morgan fingerprint density at radius 3 is 2.78 bits per heavy atom. The highest BCUT2D eigenvalue weighted by atomic mass is 79.9. The highest BCUT2D eigenvalue weighted by Crippen LogP contribution is 2.27. The predicted octanol–water partition coefficient (Wildman–Crippen LogP) is 2.18. The van der Waals surface area contributed by atoms with Crippen molar-refractivity contribution in [3.05, 3.63) is 22.8 Å². The highest BCUT2D eigenvalue weighted by molar-refractivity contribution is 9.10. The number of carbonyl (C=O) groups excluding carboxylic acids is 1. The van der Waals surface area contributed by atoms with Gasteiger partial charge in [-0.2, -0.15) is 0 Å². The largest absolute Gasteiger partial charge is 0.368 e. The molecule has 0 bridgehead atoms. The van der Waals surface area contributed by atoms with Crippen molar-refractivity contribution in [3.8, 4) is 0 Å². The Kier molecular flexibility index (Phi) is 5.62. The third kappa shape index (κ3) is 4.26. The second kappa shape index (κ2) is 6.54. The van der Waals surface area contributed by atoms with Crippen molar-refractivity contribution in [2.75, 3.05) is 7.05 Å². The third-order valence-electron chi connectivity index (χ3n) is 2.81. The first-order chi connectivity index (χ1) is 8.37. The van der Waals surface area contributed by atoms with E-state index in [1.54, 1.807) is 25.0 Å². The second-order valence-electron chi connectivity index (χ2n) is 4.39. The summed E-state index contributed by atoms with van der Waals surface area (Å²) >= 11 is 4.98. The summed E-state index contributed by atoms with van der Waals surface area (Å²) < 4.78 is 0.955. The van der Waals surface area contributed by atoms with Crippen molar-refractivity contribution < 1.29 is 4.79 Å². The normalized spacial score (nSPS) is 16.0. The fourth-order valence-corrected chi connectivity index (χ4v) is 2.90. The topological polar surface area (TPSA) is 68.0 Å². The number of nitrogens with zero attached hydrogens (tertiary/aromatic N) is 1. The molecule has 1 amide bonds. The van der Waals surface area contributed by atoms with Crippen LogP contribution in [0.25, 0.3) is 0 Å². The van der Waals surface area contributed by atoms with Crippen LogP contribution in [0.3, 0.4) is 0 Å². The Morgan fingerprint density at radius 1 is 1.67 bits per heavy atom. The standard InChI is InChI=1S/C12H18BrN3OS/c1-8(6-12(2,15-3)11(14)17)18-10-5-4-9(13)7-16-10/h4-5,7-8,15H,6H2,1-3H3,(H2,14,17). The summed E-state index contributed by atoms with van der Waals surface area (Å²) in [5, 5.41) is 4.17. The number of hydrogen-bond acceptors (Lipinski definition) is 4. The molecule has 3 N–H and O–H groups in total. The molecule has 1 rings (SSSR count). The average molecular weight is 332 g/mol. The fourth-order valence-electron chi connectivity index (χ4n) is 1.58. The number of carbonyl (C=O) groups is 1. The summed E-state index contributed by atoms with van der Waals surface area (Å²) in [6.07, 6.45) is 2.42. The van der Waals surface area contributed by atoms with Gasteiger partial charge in [0.05, 0.1) is 10.6 Å². The first kappa shape index (κ1) is 15.5. The molecule has 0 saturated carbocycles. The van der Waals surface area contributed by atoms with Crippen molar-refractivity contribution >= 4 is 33.6 Å². The molecule has 0 spiro atoms. The molecule has 6 heteroatoms. The van der Waals surface area contributed by atoms with Gasteiger partial charge in [0.1, 0.15) is 0 Å². The average Bonchev–Trinajstić information content (AvgIpc) is 2.31. The number of likely N-dealkylation sites (N-methyl/N-ethyl adjacent to an activating group) is 1. The van der Waals surface area contributed by atoms with Gasteiger partial charge in [0.25, 0.3) is 0 Å². The minimum absolute atomic E-state index is 0.239. The molecule has 0 fully saturated rings. The number of rotatable bonds is 6. The molecule has 1 aromatic heterocycles. The summed E-state index contributed by atoms with van der Waals surface area (Å²) in [5.74, 6) is -0.332. The molecule has 1 aromatic rings. The molecule has 1 heterocycles. The zero-order valence-corrected chi connectivity index (χ0v) is 13.1. The molecular weight excluding hydrogens is 314 g/mol. The van der Waals surface area contributed by atoms with Gasteiger partial charge in [-0.05, 0) is 48.5 Å². The maximum Gasteiger partial charge on any atom is 0.237 e. The number of primary amides is 1. The van der Waals surface area contributed by atoms with E-state index in [9.17, 15) is 4.79 Å². The lowest BCUT2D eigenvalue weighted by molar-refractivity contribution is -0.123. The zero-order chi connectivity index (χ0) is 13.8. The van der Waals surface area contributed by atoms with E-state index >= 15 is 0 Å². The van der Waals surface area contributed by atoms with E-state index in [0.29, 0.717) is 6.42 Å². The van der Waals surface area contributed by atoms with Gasteiger partial charge in [0.15, 0.2) is 0 Å². The van der Waals surface area contributed by atoms with Crippen LogP contribution in [0.4, 0.5) is 0 Å². The lowest BCUT2D eigenvalue weighted by atomic mass is 9.95. The molecule has 0 radical (unpaired) electrons. The van der Waals surface area contributed by atoms with Crippen LogP contribution in [0, 0.1) is 0 Å². The highest BCUT2D eigenvalue weighted by Gasteiger charge is 2.31. The van der Waals surface area contributed by atoms with E-state index in [4.69, 9.17) is 5.73 Å². The Balaban J connectivity index is 2.63. The van der Waals surface area contributed by atoms with Crippen LogP contribution in [-0.2, 0) is 4.79 Å². The third-order valence-corrected chi connectivity index (χ3v) is 4.33. The molecule has 4 nitrogen and oxygen atoms in total. The van der Waals surface area contributed by atoms with Crippen molar-refractivity contribution in [3.63, 3.8) is 0 Å². The maximum atomic E-state index is 11.4. The quantitative estimate of drug-likeness (QED) is 0.784. The van der Waals surface area contributed by atoms with E-state index in [-0.39, 0.29) is 11.2 Å². The van der Waals surface area contributed by atoms with Crippen LogP contribution in [-0.4, -0.2) is 28.7 Å². The Morgan fingerprint density at radius 2 is 2.33 bits per heavy atom. The lowest BCUT2D eigenvalue weighted by Gasteiger charge is -2.28. The number of pyridine rings is 1. The minimum Gasteiger partial charge on any atom is -0.368 e. The molecule has 2 atom stereocenters. The summed E-state index contributed by atoms with van der Waals surface area (Å²) in [6.45, 7) is 3.88. The number of amides is 1. The molecule has 0 aliphatic rings. The summed E-state index contributed by atoms with van der Waals surface area (Å²) in [6, 6.07) is 3.90. The van der Waals surface area contributed by atoms with E-state index < -0.39 is 5.54 Å². The van der Waals surface area contributed by atoms with Crippen molar-refractivity contribution in [1.82, 2.24) is 10.3 Å². The molecule has 0 aliphatic carbocycles. The molecular formula is C12H18BrN3OS. The van der Waals surface area contributed by atoms with Crippen LogP contribution in [0.15, 0.2) is 27.8 Å². The monoisotopic (exact) mass is 331 g/mol. The van der Waals surface area contributed by atoms with Gasteiger partial charge in [0.2, 0.25) is 5.91 Å². The van der Waals surface area contributed by atoms with Crippen LogP contribution < -0.4 is 11.1 Å². The Labute approximate surface area is 120 Å². The Hall–Kier alpha value is -0.590. The molecule has 0 aromatic carbocycles. The van der Waals surface area contributed by atoms with E-state index in [0.717, 1.165) is 9.50 Å². The number of nitrogens with one attached hydrogen (secondary N) is 1. The first-order valence-corrected chi connectivity index (χ1v) is 7.31. The molecule has 0 saturated heterocycles. The van der Waals surface area contributed by atoms with Crippen LogP contribution in [0.1, 0.15) is 20.3 Å². The number of aromatic nitrogens is 1. The zero-order valence-electron chi connectivity index (χ0n) is 10.7. The second-order valence-corrected chi connectivity index (χ2v) is 6.77. The minimum atomic E-state index is -0.679. The van der Waals surface area contributed by atoms with E-state index in [2.05, 4.69) is 33.2 Å². The molecule has 100 valence electrons. The van der Waals surface area contributed by atoms with Crippen LogP contribution in [0.5, 0.6) is 0 Å². The number of thioether (sulfide) groups is 1. The molecule has 18 heavy (non-hydrogen) atoms. The van der Waals surface area contributed by atoms with E-state index in [1.165, 1.54) is 0 Å². The Bertz CT molecular complexity index is 412.